The summed E-state index contributed by atoms with van der Waals surface area (Å²) < 4.78 is 11.4. The minimum Gasteiger partial charge on any atom is -0.487 e. The molecule has 0 amide bonds. The van der Waals surface area contributed by atoms with Gasteiger partial charge in [-0.3, -0.25) is 4.79 Å². The maximum Gasteiger partial charge on any atom is 0.308 e. The Hall–Kier alpha value is -2.73. The van der Waals surface area contributed by atoms with Crippen LogP contribution in [0.2, 0.25) is 0 Å². The van der Waals surface area contributed by atoms with E-state index in [1.807, 2.05) is 12.1 Å². The maximum absolute atomic E-state index is 11.0. The Labute approximate surface area is 168 Å². The van der Waals surface area contributed by atoms with Gasteiger partial charge in [-0.1, -0.05) is 32.6 Å². The van der Waals surface area contributed by atoms with Crippen molar-refractivity contribution in [2.75, 3.05) is 0 Å². The van der Waals surface area contributed by atoms with Gasteiger partial charge < -0.3 is 9.47 Å². The molecule has 28 heavy (non-hydrogen) atoms. The first kappa shape index (κ1) is 20.0. The lowest BCUT2D eigenvalue weighted by Gasteiger charge is -2.43. The predicted molar refractivity (Wildman–Crippen MR) is 112 cm³/mol. The Morgan fingerprint density at radius 2 is 1.71 bits per heavy atom. The Morgan fingerprint density at radius 1 is 1.07 bits per heavy atom. The van der Waals surface area contributed by atoms with Crippen molar-refractivity contribution in [2.24, 2.45) is 0 Å². The summed E-state index contributed by atoms with van der Waals surface area (Å²) in [6.45, 7) is 12.4. The molecule has 0 atom stereocenters. The third-order valence-corrected chi connectivity index (χ3v) is 4.99. The van der Waals surface area contributed by atoms with Crippen molar-refractivity contribution < 1.29 is 14.3 Å². The zero-order valence-electron chi connectivity index (χ0n) is 17.6. The lowest BCUT2D eigenvalue weighted by Crippen LogP contribution is -2.41. The molecule has 0 bridgehead atoms. The minimum absolute atomic E-state index is 0.0321. The molecule has 0 unspecified atom stereocenters. The second-order valence-electron chi connectivity index (χ2n) is 8.66. The number of aryl methyl sites for hydroxylation is 1. The molecule has 2 aromatic rings. The van der Waals surface area contributed by atoms with Gasteiger partial charge in [-0.05, 0) is 74.1 Å². The number of carbonyl (C=O) groups is 1. The SMILES string of the molecule is CCc1cc(C#Cc2ccc(OC(C)=O)cc2)cc2c1OC(C)(C)CC2(C)C. The van der Waals surface area contributed by atoms with Crippen molar-refractivity contribution in [1.82, 2.24) is 0 Å². The van der Waals surface area contributed by atoms with Crippen molar-refractivity contribution in [3.05, 3.63) is 58.7 Å². The number of esters is 1. The molecule has 3 nitrogen and oxygen atoms in total. The summed E-state index contributed by atoms with van der Waals surface area (Å²) in [6, 6.07) is 11.5. The summed E-state index contributed by atoms with van der Waals surface area (Å²) in [4.78, 5) is 11.0. The van der Waals surface area contributed by atoms with Crippen LogP contribution in [-0.4, -0.2) is 11.6 Å². The fraction of sp³-hybridized carbons (Fsp3) is 0.400. The first-order valence-corrected chi connectivity index (χ1v) is 9.76. The smallest absolute Gasteiger partial charge is 0.308 e. The van der Waals surface area contributed by atoms with Crippen molar-refractivity contribution in [1.29, 1.82) is 0 Å². The van der Waals surface area contributed by atoms with Crippen LogP contribution < -0.4 is 9.47 Å². The summed E-state index contributed by atoms with van der Waals surface area (Å²) in [6.07, 6.45) is 1.87. The molecule has 3 heteroatoms. The minimum atomic E-state index is -0.326. The van der Waals surface area contributed by atoms with Crippen LogP contribution in [0.1, 0.15) is 70.2 Å². The summed E-state index contributed by atoms with van der Waals surface area (Å²) in [5.41, 5.74) is 4.18. The Balaban J connectivity index is 1.95. The first-order valence-electron chi connectivity index (χ1n) is 9.76. The molecule has 1 aliphatic heterocycles. The van der Waals surface area contributed by atoms with Crippen LogP contribution >= 0.6 is 0 Å². The van der Waals surface area contributed by atoms with E-state index >= 15 is 0 Å². The van der Waals surface area contributed by atoms with E-state index < -0.39 is 0 Å². The van der Waals surface area contributed by atoms with E-state index in [-0.39, 0.29) is 17.0 Å². The van der Waals surface area contributed by atoms with Gasteiger partial charge in [-0.15, -0.1) is 0 Å². The van der Waals surface area contributed by atoms with Crippen LogP contribution in [0.15, 0.2) is 36.4 Å². The lowest BCUT2D eigenvalue weighted by molar-refractivity contribution is -0.131. The van der Waals surface area contributed by atoms with Crippen LogP contribution in [-0.2, 0) is 16.6 Å². The van der Waals surface area contributed by atoms with Gasteiger partial charge >= 0.3 is 5.97 Å². The van der Waals surface area contributed by atoms with E-state index in [0.717, 1.165) is 29.7 Å². The van der Waals surface area contributed by atoms with Crippen LogP contribution in [0, 0.1) is 11.8 Å². The molecular weight excluding hydrogens is 348 g/mol. The number of rotatable bonds is 2. The fourth-order valence-corrected chi connectivity index (χ4v) is 4.04. The molecule has 0 saturated carbocycles. The molecule has 146 valence electrons. The predicted octanol–water partition coefficient (Wildman–Crippen LogP) is 5.41. The summed E-state index contributed by atoms with van der Waals surface area (Å²) in [5.74, 6) is 7.73. The fourth-order valence-electron chi connectivity index (χ4n) is 4.04. The molecule has 1 aliphatic rings. The van der Waals surface area contributed by atoms with Crippen molar-refractivity contribution in [3.8, 4) is 23.3 Å². The monoisotopic (exact) mass is 376 g/mol. The second-order valence-corrected chi connectivity index (χ2v) is 8.66. The number of carbonyl (C=O) groups excluding carboxylic acids is 1. The summed E-state index contributed by atoms with van der Waals surface area (Å²) >= 11 is 0. The van der Waals surface area contributed by atoms with Crippen LogP contribution in [0.5, 0.6) is 11.5 Å². The highest BCUT2D eigenvalue weighted by atomic mass is 16.5. The van der Waals surface area contributed by atoms with Gasteiger partial charge in [-0.2, -0.15) is 0 Å². The van der Waals surface area contributed by atoms with E-state index in [1.54, 1.807) is 12.1 Å². The standard InChI is InChI=1S/C25H28O3/c1-7-20-14-19(9-8-18-10-12-21(13-11-18)27-17(2)26)15-22-23(20)28-25(5,6)16-24(22,3)4/h10-15H,7,16H2,1-6H3. The van der Waals surface area contributed by atoms with Crippen molar-refractivity contribution in [3.63, 3.8) is 0 Å². The van der Waals surface area contributed by atoms with Gasteiger partial charge in [0, 0.05) is 23.6 Å². The van der Waals surface area contributed by atoms with Gasteiger partial charge in [0.05, 0.1) is 0 Å². The molecule has 1 heterocycles. The van der Waals surface area contributed by atoms with Gasteiger partial charge in [0.2, 0.25) is 0 Å². The van der Waals surface area contributed by atoms with E-state index in [2.05, 4.69) is 58.6 Å². The zero-order valence-corrected chi connectivity index (χ0v) is 17.6. The van der Waals surface area contributed by atoms with E-state index in [9.17, 15) is 4.79 Å². The zero-order chi connectivity index (χ0) is 20.5. The summed E-state index contributed by atoms with van der Waals surface area (Å²) in [5, 5.41) is 0. The number of fused-ring (bicyclic) bond motifs is 1. The molecule has 3 rings (SSSR count). The third kappa shape index (κ3) is 4.39. The van der Waals surface area contributed by atoms with E-state index in [1.165, 1.54) is 18.1 Å². The highest BCUT2D eigenvalue weighted by Crippen LogP contribution is 2.46. The molecule has 0 saturated heterocycles. The van der Waals surface area contributed by atoms with Gasteiger partial charge in [0.1, 0.15) is 17.1 Å². The van der Waals surface area contributed by atoms with Gasteiger partial charge in [0.25, 0.3) is 0 Å². The van der Waals surface area contributed by atoms with Crippen molar-refractivity contribution in [2.45, 2.75) is 65.4 Å². The normalized spacial score (nSPS) is 16.2. The highest BCUT2D eigenvalue weighted by Gasteiger charge is 2.40. The highest BCUT2D eigenvalue weighted by molar-refractivity contribution is 5.69. The largest absolute Gasteiger partial charge is 0.487 e. The van der Waals surface area contributed by atoms with E-state index in [0.29, 0.717) is 5.75 Å². The van der Waals surface area contributed by atoms with Crippen LogP contribution in [0.3, 0.4) is 0 Å². The van der Waals surface area contributed by atoms with Crippen LogP contribution in [0.25, 0.3) is 0 Å². The Morgan fingerprint density at radius 3 is 2.32 bits per heavy atom. The van der Waals surface area contributed by atoms with E-state index in [4.69, 9.17) is 9.47 Å². The number of hydrogen-bond donors (Lipinski definition) is 0. The summed E-state index contributed by atoms with van der Waals surface area (Å²) in [7, 11) is 0. The maximum atomic E-state index is 11.0. The number of ether oxygens (including phenoxy) is 2. The average Bonchev–Trinajstić information content (AvgIpc) is 2.59. The van der Waals surface area contributed by atoms with Crippen LogP contribution in [0.4, 0.5) is 0 Å². The quantitative estimate of drug-likeness (QED) is 0.399. The molecule has 0 aromatic heterocycles. The number of hydrogen-bond acceptors (Lipinski definition) is 3. The van der Waals surface area contributed by atoms with Gasteiger partial charge in [0.15, 0.2) is 0 Å². The Kier molecular flexibility index (Phi) is 5.26. The molecule has 0 N–H and O–H groups in total. The molecule has 0 radical (unpaired) electrons. The molecule has 0 fully saturated rings. The number of benzene rings is 2. The molecule has 0 spiro atoms. The average molecular weight is 376 g/mol. The first-order chi connectivity index (χ1) is 13.1. The lowest BCUT2D eigenvalue weighted by atomic mass is 9.72. The van der Waals surface area contributed by atoms with Crippen molar-refractivity contribution >= 4 is 5.97 Å². The molecule has 2 aromatic carbocycles. The third-order valence-electron chi connectivity index (χ3n) is 4.99. The molecular formula is C25H28O3. The van der Waals surface area contributed by atoms with Gasteiger partial charge in [-0.25, -0.2) is 0 Å². The topological polar surface area (TPSA) is 35.5 Å². The second kappa shape index (κ2) is 7.36. The molecule has 0 aliphatic carbocycles. The Bertz CT molecular complexity index is 954.